The highest BCUT2D eigenvalue weighted by Gasteiger charge is 2.11. The summed E-state index contributed by atoms with van der Waals surface area (Å²) < 4.78 is 27.4. The molecular formula is C13H6ClF2N. The van der Waals surface area contributed by atoms with Gasteiger partial charge in [-0.2, -0.15) is 0 Å². The quantitative estimate of drug-likeness (QED) is 0.427. The Morgan fingerprint density at radius 1 is 0.824 bits per heavy atom. The van der Waals surface area contributed by atoms with Gasteiger partial charge in [0.15, 0.2) is 0 Å². The number of halogens is 3. The van der Waals surface area contributed by atoms with Crippen LogP contribution in [-0.2, 0) is 0 Å². The van der Waals surface area contributed by atoms with Crippen LogP contribution in [0.15, 0.2) is 36.5 Å². The van der Waals surface area contributed by atoms with Gasteiger partial charge in [-0.05, 0) is 23.6 Å². The molecule has 0 amide bonds. The van der Waals surface area contributed by atoms with Crippen molar-refractivity contribution in [3.63, 3.8) is 0 Å². The van der Waals surface area contributed by atoms with E-state index in [9.17, 15) is 8.78 Å². The minimum Gasteiger partial charge on any atom is -0.244 e. The van der Waals surface area contributed by atoms with Crippen LogP contribution in [0.3, 0.4) is 0 Å². The second kappa shape index (κ2) is 3.64. The summed E-state index contributed by atoms with van der Waals surface area (Å²) in [7, 11) is 0. The summed E-state index contributed by atoms with van der Waals surface area (Å²) >= 11 is 5.92. The molecule has 1 nitrogen and oxygen atoms in total. The molecule has 0 spiro atoms. The average molecular weight is 250 g/mol. The first-order chi connectivity index (χ1) is 8.18. The fourth-order valence-corrected chi connectivity index (χ4v) is 2.22. The Kier molecular flexibility index (Phi) is 2.23. The number of rotatable bonds is 0. The Labute approximate surface area is 101 Å². The van der Waals surface area contributed by atoms with Crippen molar-refractivity contribution in [2.45, 2.75) is 0 Å². The largest absolute Gasteiger partial charge is 0.244 e. The molecule has 0 aliphatic rings. The van der Waals surface area contributed by atoms with Gasteiger partial charge in [0.1, 0.15) is 16.8 Å². The Morgan fingerprint density at radius 2 is 1.53 bits per heavy atom. The van der Waals surface area contributed by atoms with E-state index in [4.69, 9.17) is 11.6 Å². The van der Waals surface area contributed by atoms with Crippen molar-refractivity contribution in [1.82, 2.24) is 4.98 Å². The van der Waals surface area contributed by atoms with Gasteiger partial charge in [0.05, 0.1) is 0 Å². The van der Waals surface area contributed by atoms with E-state index in [0.717, 1.165) is 12.1 Å². The lowest BCUT2D eigenvalue weighted by Gasteiger charge is -2.06. The molecule has 0 atom stereocenters. The van der Waals surface area contributed by atoms with E-state index >= 15 is 0 Å². The van der Waals surface area contributed by atoms with Gasteiger partial charge in [0.25, 0.3) is 0 Å². The molecule has 4 heteroatoms. The predicted octanol–water partition coefficient (Wildman–Crippen LogP) is 4.32. The maximum Gasteiger partial charge on any atom is 0.136 e. The van der Waals surface area contributed by atoms with Gasteiger partial charge >= 0.3 is 0 Å². The molecule has 0 bridgehead atoms. The van der Waals surface area contributed by atoms with Crippen LogP contribution >= 0.6 is 11.6 Å². The van der Waals surface area contributed by atoms with Crippen molar-refractivity contribution in [3.8, 4) is 0 Å². The molecule has 1 heterocycles. The highest BCUT2D eigenvalue weighted by atomic mass is 35.5. The van der Waals surface area contributed by atoms with Crippen LogP contribution in [0.5, 0.6) is 0 Å². The first-order valence-electron chi connectivity index (χ1n) is 4.99. The molecular weight excluding hydrogens is 244 g/mol. The minimum absolute atomic E-state index is 0.242. The number of hydrogen-bond acceptors (Lipinski definition) is 1. The van der Waals surface area contributed by atoms with Gasteiger partial charge in [-0.3, -0.25) is 0 Å². The molecule has 3 aromatic rings. The van der Waals surface area contributed by atoms with E-state index in [2.05, 4.69) is 4.98 Å². The van der Waals surface area contributed by atoms with Crippen LogP contribution in [0, 0.1) is 11.6 Å². The highest BCUT2D eigenvalue weighted by Crippen LogP contribution is 2.31. The summed E-state index contributed by atoms with van der Waals surface area (Å²) in [6, 6.07) is 7.03. The van der Waals surface area contributed by atoms with Gasteiger partial charge in [-0.25, -0.2) is 13.8 Å². The first kappa shape index (κ1) is 10.4. The van der Waals surface area contributed by atoms with Gasteiger partial charge < -0.3 is 0 Å². The maximum absolute atomic E-state index is 13.8. The Bertz CT molecular complexity index is 740. The van der Waals surface area contributed by atoms with E-state index in [0.29, 0.717) is 10.8 Å². The molecule has 3 rings (SSSR count). The molecule has 0 unspecified atom stereocenters. The van der Waals surface area contributed by atoms with Crippen molar-refractivity contribution in [1.29, 1.82) is 0 Å². The Hall–Kier alpha value is -1.74. The summed E-state index contributed by atoms with van der Waals surface area (Å²) in [5, 5.41) is 1.96. The number of fused-ring (bicyclic) bond motifs is 3. The molecule has 0 radical (unpaired) electrons. The molecule has 0 N–H and O–H groups in total. The molecule has 0 fully saturated rings. The summed E-state index contributed by atoms with van der Waals surface area (Å²) in [5.74, 6) is -0.912. The highest BCUT2D eigenvalue weighted by molar-refractivity contribution is 6.35. The van der Waals surface area contributed by atoms with Crippen LogP contribution in [0.1, 0.15) is 0 Å². The monoisotopic (exact) mass is 249 g/mol. The second-order valence-electron chi connectivity index (χ2n) is 3.71. The first-order valence-corrected chi connectivity index (χ1v) is 5.37. The van der Waals surface area contributed by atoms with E-state index in [1.807, 2.05) is 0 Å². The minimum atomic E-state index is -0.464. The standard InChI is InChI=1S/C13H6ClF2N/c14-13-8-1-2-9-10(15)3-4-11(16)12(9)7(8)5-6-17-13/h1-6H. The van der Waals surface area contributed by atoms with Crippen LogP contribution < -0.4 is 0 Å². The third-order valence-electron chi connectivity index (χ3n) is 2.77. The topological polar surface area (TPSA) is 12.9 Å². The molecule has 0 aliphatic heterocycles. The molecule has 0 saturated heterocycles. The van der Waals surface area contributed by atoms with Crippen molar-refractivity contribution in [2.24, 2.45) is 0 Å². The van der Waals surface area contributed by atoms with Crippen LogP contribution in [0.2, 0.25) is 5.15 Å². The molecule has 2 aromatic carbocycles. The van der Waals surface area contributed by atoms with Crippen molar-refractivity contribution in [3.05, 3.63) is 53.3 Å². The molecule has 1 aromatic heterocycles. The Balaban J connectivity index is 2.65. The second-order valence-corrected chi connectivity index (χ2v) is 4.07. The van der Waals surface area contributed by atoms with Gasteiger partial charge in [0.2, 0.25) is 0 Å². The number of benzene rings is 2. The summed E-state index contributed by atoms with van der Waals surface area (Å²) in [6.45, 7) is 0. The van der Waals surface area contributed by atoms with Gasteiger partial charge in [-0.1, -0.05) is 23.7 Å². The van der Waals surface area contributed by atoms with E-state index in [-0.39, 0.29) is 15.9 Å². The number of pyridine rings is 1. The smallest absolute Gasteiger partial charge is 0.136 e. The van der Waals surface area contributed by atoms with Crippen LogP contribution in [0.4, 0.5) is 8.78 Å². The maximum atomic E-state index is 13.8. The lowest BCUT2D eigenvalue weighted by molar-refractivity contribution is 0.618. The summed E-state index contributed by atoms with van der Waals surface area (Å²) in [5.41, 5.74) is 0. The summed E-state index contributed by atoms with van der Waals surface area (Å²) in [6.07, 6.45) is 1.48. The van der Waals surface area contributed by atoms with E-state index in [1.165, 1.54) is 12.3 Å². The zero-order valence-electron chi connectivity index (χ0n) is 8.55. The van der Waals surface area contributed by atoms with Crippen molar-refractivity contribution < 1.29 is 8.78 Å². The normalized spacial score (nSPS) is 11.2. The van der Waals surface area contributed by atoms with Crippen LogP contribution in [0.25, 0.3) is 21.5 Å². The number of aromatic nitrogens is 1. The van der Waals surface area contributed by atoms with E-state index < -0.39 is 11.6 Å². The SMILES string of the molecule is Fc1ccc(F)c2c1ccc1c(Cl)nccc12. The lowest BCUT2D eigenvalue weighted by Crippen LogP contribution is -1.88. The van der Waals surface area contributed by atoms with Crippen molar-refractivity contribution >= 4 is 33.1 Å². The third-order valence-corrected chi connectivity index (χ3v) is 3.07. The van der Waals surface area contributed by atoms with Gasteiger partial charge in [0, 0.05) is 22.4 Å². The van der Waals surface area contributed by atoms with Crippen molar-refractivity contribution in [2.75, 3.05) is 0 Å². The number of nitrogens with zero attached hydrogens (tertiary/aromatic N) is 1. The van der Waals surface area contributed by atoms with Crippen LogP contribution in [-0.4, -0.2) is 4.98 Å². The molecule has 0 aliphatic carbocycles. The average Bonchev–Trinajstić information content (AvgIpc) is 2.33. The molecule has 17 heavy (non-hydrogen) atoms. The number of hydrogen-bond donors (Lipinski definition) is 0. The zero-order valence-corrected chi connectivity index (χ0v) is 9.30. The fourth-order valence-electron chi connectivity index (χ4n) is 2.00. The zero-order chi connectivity index (χ0) is 12.0. The lowest BCUT2D eigenvalue weighted by atomic mass is 10.0. The van der Waals surface area contributed by atoms with E-state index in [1.54, 1.807) is 12.1 Å². The van der Waals surface area contributed by atoms with Gasteiger partial charge in [-0.15, -0.1) is 0 Å². The Morgan fingerprint density at radius 3 is 2.35 bits per heavy atom. The molecule has 0 saturated carbocycles. The molecule has 84 valence electrons. The third kappa shape index (κ3) is 1.46. The summed E-state index contributed by atoms with van der Waals surface area (Å²) in [4.78, 5) is 3.92. The fraction of sp³-hybridized carbons (Fsp3) is 0. The predicted molar refractivity (Wildman–Crippen MR) is 64.2 cm³/mol.